The fourth-order valence-corrected chi connectivity index (χ4v) is 5.27. The highest BCUT2D eigenvalue weighted by Gasteiger charge is 2.30. The number of hydrogen-bond acceptors (Lipinski definition) is 6. The van der Waals surface area contributed by atoms with Crippen LogP contribution in [0.5, 0.6) is 11.5 Å². The third-order valence-electron chi connectivity index (χ3n) is 5.40. The van der Waals surface area contributed by atoms with E-state index in [1.165, 1.54) is 13.0 Å². The van der Waals surface area contributed by atoms with Crippen LogP contribution in [0, 0.1) is 0 Å². The molecule has 9 heteroatoms. The van der Waals surface area contributed by atoms with Crippen LogP contribution in [-0.2, 0) is 25.8 Å². The normalized spacial score (nSPS) is 15.2. The minimum atomic E-state index is -3.68. The van der Waals surface area contributed by atoms with Crippen molar-refractivity contribution in [1.29, 1.82) is 0 Å². The van der Waals surface area contributed by atoms with Crippen LogP contribution < -0.4 is 19.7 Å². The van der Waals surface area contributed by atoms with Gasteiger partial charge in [0.2, 0.25) is 11.8 Å². The van der Waals surface area contributed by atoms with Gasteiger partial charge < -0.3 is 19.7 Å². The molecule has 0 bridgehead atoms. The Kier molecular flexibility index (Phi) is 7.63. The molecule has 0 spiro atoms. The lowest BCUT2D eigenvalue weighted by molar-refractivity contribution is -0.117. The number of rotatable bonds is 9. The first-order chi connectivity index (χ1) is 15.7. The number of hydrogen-bond donors (Lipinski definition) is 1. The van der Waals surface area contributed by atoms with Crippen molar-refractivity contribution in [1.82, 2.24) is 0 Å². The summed E-state index contributed by atoms with van der Waals surface area (Å²) in [6.07, 6.45) is 0.384. The van der Waals surface area contributed by atoms with Gasteiger partial charge in [-0.3, -0.25) is 9.59 Å². The fraction of sp³-hybridized carbons (Fsp3) is 0.417. The largest absolute Gasteiger partial charge is 0.494 e. The van der Waals surface area contributed by atoms with E-state index in [-0.39, 0.29) is 29.0 Å². The Morgan fingerprint density at radius 1 is 1.09 bits per heavy atom. The summed E-state index contributed by atoms with van der Waals surface area (Å²) in [4.78, 5) is 26.3. The molecule has 0 unspecified atom stereocenters. The van der Waals surface area contributed by atoms with Gasteiger partial charge in [0.15, 0.2) is 9.84 Å². The number of carbonyl (C=O) groups is 2. The van der Waals surface area contributed by atoms with Gasteiger partial charge in [0.25, 0.3) is 0 Å². The Bertz CT molecular complexity index is 1150. The van der Waals surface area contributed by atoms with Crippen LogP contribution in [-0.4, -0.2) is 45.2 Å². The molecule has 1 aliphatic heterocycles. The Hall–Kier alpha value is -3.07. The van der Waals surface area contributed by atoms with Crippen molar-refractivity contribution in [3.05, 3.63) is 42.0 Å². The Morgan fingerprint density at radius 2 is 1.82 bits per heavy atom. The van der Waals surface area contributed by atoms with Crippen LogP contribution in [0.2, 0.25) is 0 Å². The molecule has 0 aromatic heterocycles. The highest BCUT2D eigenvalue weighted by atomic mass is 32.2. The van der Waals surface area contributed by atoms with E-state index < -0.39 is 15.7 Å². The van der Waals surface area contributed by atoms with Crippen LogP contribution in [0.25, 0.3) is 0 Å². The summed E-state index contributed by atoms with van der Waals surface area (Å²) in [7, 11) is -3.68. The van der Waals surface area contributed by atoms with Crippen LogP contribution in [0.4, 0.5) is 11.4 Å². The maximum Gasteiger partial charge on any atom is 0.225 e. The zero-order valence-corrected chi connectivity index (χ0v) is 20.2. The number of nitrogens with one attached hydrogen (secondary N) is 1. The smallest absolute Gasteiger partial charge is 0.225 e. The lowest BCUT2D eigenvalue weighted by Gasteiger charge is -2.20. The second-order valence-corrected chi connectivity index (χ2v) is 9.98. The predicted molar refractivity (Wildman–Crippen MR) is 127 cm³/mol. The maximum atomic E-state index is 12.9. The third kappa shape index (κ3) is 5.65. The van der Waals surface area contributed by atoms with Gasteiger partial charge in [-0.25, -0.2) is 8.42 Å². The van der Waals surface area contributed by atoms with E-state index in [1.54, 1.807) is 35.2 Å². The average molecular weight is 475 g/mol. The maximum absolute atomic E-state index is 12.9. The van der Waals surface area contributed by atoms with Crippen LogP contribution in [0.15, 0.2) is 41.3 Å². The van der Waals surface area contributed by atoms with E-state index >= 15 is 0 Å². The lowest BCUT2D eigenvalue weighted by atomic mass is 10.1. The van der Waals surface area contributed by atoms with E-state index in [0.29, 0.717) is 36.8 Å². The van der Waals surface area contributed by atoms with Crippen molar-refractivity contribution in [3.63, 3.8) is 0 Å². The van der Waals surface area contributed by atoms with Gasteiger partial charge in [-0.1, -0.05) is 0 Å². The van der Waals surface area contributed by atoms with Crippen molar-refractivity contribution in [2.45, 2.75) is 51.5 Å². The van der Waals surface area contributed by atoms with Crippen molar-refractivity contribution in [2.75, 3.05) is 29.2 Å². The van der Waals surface area contributed by atoms with Crippen LogP contribution >= 0.6 is 0 Å². The van der Waals surface area contributed by atoms with E-state index in [9.17, 15) is 18.0 Å². The molecule has 0 radical (unpaired) electrons. The summed E-state index contributed by atoms with van der Waals surface area (Å²) < 4.78 is 36.8. The zero-order chi connectivity index (χ0) is 24.2. The first kappa shape index (κ1) is 24.6. The molecule has 0 fully saturated rings. The molecule has 2 aromatic rings. The Labute approximate surface area is 194 Å². The van der Waals surface area contributed by atoms with Gasteiger partial charge in [-0.15, -0.1) is 0 Å². The molecule has 0 saturated carbocycles. The van der Waals surface area contributed by atoms with E-state index in [4.69, 9.17) is 9.47 Å². The first-order valence-corrected chi connectivity index (χ1v) is 12.7. The number of anilines is 2. The monoisotopic (exact) mass is 474 g/mol. The highest BCUT2D eigenvalue weighted by Crippen LogP contribution is 2.34. The van der Waals surface area contributed by atoms with Gasteiger partial charge >= 0.3 is 0 Å². The molecule has 178 valence electrons. The standard InChI is InChI=1S/C24H30N2O6S/c1-5-31-19-7-10-23(32-6-2)21(15-19)25-24(28)11-12-33(29,30)20-8-9-22-18(14-20)13-16(3)26(22)17(4)27/h7-10,14-16H,5-6,11-13H2,1-4H3,(H,25,28)/t16-/m1/s1. The first-order valence-electron chi connectivity index (χ1n) is 11.0. The molecule has 8 nitrogen and oxygen atoms in total. The van der Waals surface area contributed by atoms with Gasteiger partial charge in [0.1, 0.15) is 11.5 Å². The van der Waals surface area contributed by atoms with Crippen LogP contribution in [0.3, 0.4) is 0 Å². The minimum Gasteiger partial charge on any atom is -0.494 e. The van der Waals surface area contributed by atoms with Gasteiger partial charge in [-0.05, 0) is 63.1 Å². The number of nitrogens with zero attached hydrogens (tertiary/aromatic N) is 1. The SMILES string of the molecule is CCOc1ccc(OCC)c(NC(=O)CCS(=O)(=O)c2ccc3c(c2)C[C@@H](C)N3C(C)=O)c1. The summed E-state index contributed by atoms with van der Waals surface area (Å²) in [5, 5.41) is 2.73. The lowest BCUT2D eigenvalue weighted by Crippen LogP contribution is -2.33. The number of carbonyl (C=O) groups excluding carboxylic acids is 2. The quantitative estimate of drug-likeness (QED) is 0.596. The summed E-state index contributed by atoms with van der Waals surface area (Å²) in [6.45, 7) is 8.01. The summed E-state index contributed by atoms with van der Waals surface area (Å²) in [5.41, 5.74) is 1.99. The number of fused-ring (bicyclic) bond motifs is 1. The second kappa shape index (κ2) is 10.2. The fourth-order valence-electron chi connectivity index (χ4n) is 3.98. The van der Waals surface area contributed by atoms with Gasteiger partial charge in [0.05, 0.1) is 29.5 Å². The number of benzene rings is 2. The molecule has 2 amide bonds. The molecule has 2 aromatic carbocycles. The molecule has 1 heterocycles. The van der Waals surface area contributed by atoms with Crippen LogP contribution in [0.1, 0.15) is 39.7 Å². The summed E-state index contributed by atoms with van der Waals surface area (Å²) in [6, 6.07) is 9.87. The average Bonchev–Trinajstić information content (AvgIpc) is 3.09. The molecule has 1 atom stereocenters. The summed E-state index contributed by atoms with van der Waals surface area (Å²) in [5.74, 6) is 0.216. The van der Waals surface area contributed by atoms with Crippen molar-refractivity contribution in [2.24, 2.45) is 0 Å². The summed E-state index contributed by atoms with van der Waals surface area (Å²) >= 11 is 0. The number of ether oxygens (including phenoxy) is 2. The molecule has 3 rings (SSSR count). The Balaban J connectivity index is 1.70. The van der Waals surface area contributed by atoms with E-state index in [2.05, 4.69) is 5.32 Å². The van der Waals surface area contributed by atoms with Gasteiger partial charge in [-0.2, -0.15) is 0 Å². The van der Waals surface area contributed by atoms with Crippen molar-refractivity contribution >= 4 is 33.0 Å². The topological polar surface area (TPSA) is 102 Å². The highest BCUT2D eigenvalue weighted by molar-refractivity contribution is 7.91. The molecular weight excluding hydrogens is 444 g/mol. The molecular formula is C24H30N2O6S. The molecule has 0 aliphatic carbocycles. The zero-order valence-electron chi connectivity index (χ0n) is 19.4. The minimum absolute atomic E-state index is 0.0202. The predicted octanol–water partition coefficient (Wildman–Crippen LogP) is 3.58. The van der Waals surface area contributed by atoms with E-state index in [1.807, 2.05) is 20.8 Å². The molecule has 33 heavy (non-hydrogen) atoms. The molecule has 1 aliphatic rings. The van der Waals surface area contributed by atoms with Gasteiger partial charge in [0, 0.05) is 31.1 Å². The molecule has 1 N–H and O–H groups in total. The van der Waals surface area contributed by atoms with Crippen molar-refractivity contribution < 1.29 is 27.5 Å². The van der Waals surface area contributed by atoms with E-state index in [0.717, 1.165) is 11.3 Å². The third-order valence-corrected chi connectivity index (χ3v) is 7.11. The number of amides is 2. The Morgan fingerprint density at radius 3 is 2.48 bits per heavy atom. The number of sulfone groups is 1. The molecule has 0 saturated heterocycles. The van der Waals surface area contributed by atoms with Crippen molar-refractivity contribution in [3.8, 4) is 11.5 Å². The second-order valence-electron chi connectivity index (χ2n) is 7.87.